The van der Waals surface area contributed by atoms with Crippen LogP contribution in [0.5, 0.6) is 0 Å². The van der Waals surface area contributed by atoms with Gasteiger partial charge in [-0.15, -0.1) is 0 Å². The molecule has 0 amide bonds. The van der Waals surface area contributed by atoms with Gasteiger partial charge in [0.15, 0.2) is 11.3 Å². The average molecular weight is 325 g/mol. The van der Waals surface area contributed by atoms with E-state index >= 15 is 0 Å². The molecule has 0 aromatic heterocycles. The van der Waals surface area contributed by atoms with Crippen LogP contribution < -0.4 is 0 Å². The zero-order chi connectivity index (χ0) is 15.9. The van der Waals surface area contributed by atoms with Gasteiger partial charge in [0.05, 0.1) is 6.54 Å². The number of carbonyl (C=O) groups excluding carboxylic acids is 1. The summed E-state index contributed by atoms with van der Waals surface area (Å²) in [6.45, 7) is 0.565. The Morgan fingerprint density at radius 3 is 2.70 bits per heavy atom. The van der Waals surface area contributed by atoms with E-state index in [-0.39, 0.29) is 11.7 Å². The van der Waals surface area contributed by atoms with Gasteiger partial charge in [0, 0.05) is 16.5 Å². The van der Waals surface area contributed by atoms with Crippen LogP contribution in [0.15, 0.2) is 58.8 Å². The second-order valence-corrected chi connectivity index (χ2v) is 6.73. The molecule has 1 aliphatic heterocycles. The van der Waals surface area contributed by atoms with E-state index in [1.165, 1.54) is 0 Å². The number of ketones is 1. The maximum absolute atomic E-state index is 13.3. The molecule has 1 heterocycles. The molecule has 2 aromatic rings. The molecule has 2 aliphatic rings. The van der Waals surface area contributed by atoms with Crippen molar-refractivity contribution in [3.05, 3.63) is 70.2 Å². The highest BCUT2D eigenvalue weighted by Crippen LogP contribution is 2.45. The van der Waals surface area contributed by atoms with Gasteiger partial charge in [-0.1, -0.05) is 48.0 Å². The van der Waals surface area contributed by atoms with Crippen LogP contribution in [0.2, 0.25) is 5.02 Å². The number of aryl methyl sites for hydroxylation is 1. The largest absolute Gasteiger partial charge is 0.291 e. The molecule has 0 bridgehead atoms. The molecular formula is C19H17ClN2O. The summed E-state index contributed by atoms with van der Waals surface area (Å²) < 4.78 is 0. The summed E-state index contributed by atoms with van der Waals surface area (Å²) in [7, 11) is 0. The van der Waals surface area contributed by atoms with Gasteiger partial charge in [-0.3, -0.25) is 4.79 Å². The summed E-state index contributed by atoms with van der Waals surface area (Å²) in [5.74, 6) is 0.116. The molecule has 4 heteroatoms. The van der Waals surface area contributed by atoms with Crippen LogP contribution in [0.3, 0.4) is 0 Å². The number of benzene rings is 2. The number of nitrogens with zero attached hydrogens (tertiary/aromatic N) is 2. The second kappa shape index (κ2) is 5.57. The fraction of sp³-hybridized carbons (Fsp3) is 0.316. The fourth-order valence-electron chi connectivity index (χ4n) is 3.83. The minimum Gasteiger partial charge on any atom is -0.291 e. The first-order chi connectivity index (χ1) is 11.2. The third-order valence-electron chi connectivity index (χ3n) is 5.02. The van der Waals surface area contributed by atoms with Crippen LogP contribution in [0, 0.1) is 0 Å². The Bertz CT molecular complexity index is 784. The van der Waals surface area contributed by atoms with Crippen LogP contribution in [0.1, 0.15) is 40.2 Å². The van der Waals surface area contributed by atoms with E-state index in [2.05, 4.69) is 16.3 Å². The van der Waals surface area contributed by atoms with Crippen molar-refractivity contribution in [3.8, 4) is 0 Å². The minimum atomic E-state index is -0.750. The van der Waals surface area contributed by atoms with Crippen LogP contribution in [-0.2, 0) is 6.42 Å². The Morgan fingerprint density at radius 1 is 1.09 bits per heavy atom. The molecule has 23 heavy (non-hydrogen) atoms. The average Bonchev–Trinajstić information content (AvgIpc) is 2.94. The standard InChI is InChI=1S/C19H17ClN2O/c20-15-9-7-14(8-10-15)17-12-21-22-19(17)11-3-5-13-4-1-2-6-16(13)18(19)23/h1-2,4,6-10,17H,3,5,11-12H2/t17-,19+/m0/s1. The SMILES string of the molecule is O=C1c2ccccc2CCC[C@]12N=NC[C@H]2c1ccc(Cl)cc1. The number of azo groups is 1. The van der Waals surface area contributed by atoms with Crippen molar-refractivity contribution in [2.24, 2.45) is 10.2 Å². The third kappa shape index (κ3) is 2.31. The van der Waals surface area contributed by atoms with Crippen LogP contribution >= 0.6 is 11.6 Å². The lowest BCUT2D eigenvalue weighted by molar-refractivity contribution is 0.0870. The van der Waals surface area contributed by atoms with Crippen LogP contribution in [-0.4, -0.2) is 17.9 Å². The van der Waals surface area contributed by atoms with Gasteiger partial charge >= 0.3 is 0 Å². The van der Waals surface area contributed by atoms with Crippen LogP contribution in [0.4, 0.5) is 0 Å². The zero-order valence-electron chi connectivity index (χ0n) is 12.7. The first-order valence-electron chi connectivity index (χ1n) is 7.97. The lowest BCUT2D eigenvalue weighted by Gasteiger charge is -2.29. The highest BCUT2D eigenvalue weighted by atomic mass is 35.5. The molecule has 0 fully saturated rings. The van der Waals surface area contributed by atoms with Crippen molar-refractivity contribution in [2.75, 3.05) is 6.54 Å². The molecule has 116 valence electrons. The summed E-state index contributed by atoms with van der Waals surface area (Å²) in [6.07, 6.45) is 2.62. The quantitative estimate of drug-likeness (QED) is 0.739. The predicted octanol–water partition coefficient (Wildman–Crippen LogP) is 4.85. The minimum absolute atomic E-state index is 0.00146. The Balaban J connectivity index is 1.80. The molecule has 0 radical (unpaired) electrons. The van der Waals surface area contributed by atoms with Gasteiger partial charge in [0.2, 0.25) is 0 Å². The van der Waals surface area contributed by atoms with E-state index in [9.17, 15) is 4.79 Å². The lowest BCUT2D eigenvalue weighted by Crippen LogP contribution is -2.40. The maximum Gasteiger partial charge on any atom is 0.193 e. The Kier molecular flexibility index (Phi) is 3.53. The fourth-order valence-corrected chi connectivity index (χ4v) is 3.95. The molecule has 1 aliphatic carbocycles. The van der Waals surface area contributed by atoms with E-state index in [1.54, 1.807) is 0 Å². The van der Waals surface area contributed by atoms with Crippen molar-refractivity contribution in [2.45, 2.75) is 30.7 Å². The molecular weight excluding hydrogens is 308 g/mol. The lowest BCUT2D eigenvalue weighted by atomic mass is 9.74. The summed E-state index contributed by atoms with van der Waals surface area (Å²) in [6, 6.07) is 15.6. The summed E-state index contributed by atoms with van der Waals surface area (Å²) >= 11 is 6.00. The number of rotatable bonds is 1. The molecule has 0 saturated heterocycles. The molecule has 4 rings (SSSR count). The monoisotopic (exact) mass is 324 g/mol. The van der Waals surface area contributed by atoms with Crippen molar-refractivity contribution >= 4 is 17.4 Å². The van der Waals surface area contributed by atoms with Gasteiger partial charge < -0.3 is 0 Å². The number of hydrogen-bond acceptors (Lipinski definition) is 3. The highest BCUT2D eigenvalue weighted by Gasteiger charge is 2.50. The summed E-state index contributed by atoms with van der Waals surface area (Å²) in [5.41, 5.74) is 2.28. The summed E-state index contributed by atoms with van der Waals surface area (Å²) in [4.78, 5) is 13.3. The number of Topliss-reactive ketones (excluding diaryl/α,β-unsaturated/α-hetero) is 1. The highest BCUT2D eigenvalue weighted by molar-refractivity contribution is 6.30. The molecule has 2 atom stereocenters. The molecule has 0 saturated carbocycles. The van der Waals surface area contributed by atoms with Gasteiger partial charge in [0.1, 0.15) is 0 Å². The number of fused-ring (bicyclic) bond motifs is 1. The van der Waals surface area contributed by atoms with Crippen molar-refractivity contribution in [1.82, 2.24) is 0 Å². The third-order valence-corrected chi connectivity index (χ3v) is 5.27. The Hall–Kier alpha value is -2.00. The van der Waals surface area contributed by atoms with Crippen LogP contribution in [0.25, 0.3) is 0 Å². The van der Waals surface area contributed by atoms with E-state index in [0.717, 1.165) is 36.0 Å². The van der Waals surface area contributed by atoms with Gasteiger partial charge in [-0.2, -0.15) is 10.2 Å². The molecule has 1 spiro atoms. The van der Waals surface area contributed by atoms with E-state index < -0.39 is 5.54 Å². The first kappa shape index (κ1) is 14.6. The Labute approximate surface area is 140 Å². The Morgan fingerprint density at radius 2 is 1.87 bits per heavy atom. The smallest absolute Gasteiger partial charge is 0.193 e. The summed E-state index contributed by atoms with van der Waals surface area (Å²) in [5, 5.41) is 9.47. The number of carbonyl (C=O) groups is 1. The predicted molar refractivity (Wildman–Crippen MR) is 90.4 cm³/mol. The van der Waals surface area contributed by atoms with Gasteiger partial charge in [0.25, 0.3) is 0 Å². The normalized spacial score (nSPS) is 26.3. The number of halogens is 1. The first-order valence-corrected chi connectivity index (χ1v) is 8.35. The topological polar surface area (TPSA) is 41.8 Å². The van der Waals surface area contributed by atoms with Gasteiger partial charge in [-0.05, 0) is 42.5 Å². The van der Waals surface area contributed by atoms with Crippen molar-refractivity contribution in [3.63, 3.8) is 0 Å². The molecule has 2 aromatic carbocycles. The van der Waals surface area contributed by atoms with E-state index in [1.807, 2.05) is 42.5 Å². The number of hydrogen-bond donors (Lipinski definition) is 0. The zero-order valence-corrected chi connectivity index (χ0v) is 13.5. The van der Waals surface area contributed by atoms with Gasteiger partial charge in [-0.25, -0.2) is 0 Å². The molecule has 0 unspecified atom stereocenters. The van der Waals surface area contributed by atoms with Crippen molar-refractivity contribution in [1.29, 1.82) is 0 Å². The maximum atomic E-state index is 13.3. The molecule has 0 N–H and O–H groups in total. The van der Waals surface area contributed by atoms with E-state index in [4.69, 9.17) is 11.6 Å². The second-order valence-electron chi connectivity index (χ2n) is 6.29. The van der Waals surface area contributed by atoms with Crippen molar-refractivity contribution < 1.29 is 4.79 Å². The molecule has 3 nitrogen and oxygen atoms in total. The van der Waals surface area contributed by atoms with E-state index in [0.29, 0.717) is 11.6 Å².